The van der Waals surface area contributed by atoms with Crippen molar-refractivity contribution >= 4 is 23.6 Å². The van der Waals surface area contributed by atoms with Crippen molar-refractivity contribution in [2.75, 3.05) is 26.2 Å². The van der Waals surface area contributed by atoms with E-state index in [9.17, 15) is 14.0 Å². The van der Waals surface area contributed by atoms with Crippen molar-refractivity contribution in [3.05, 3.63) is 70.7 Å². The Kier molecular flexibility index (Phi) is 5.68. The second kappa shape index (κ2) is 8.18. The van der Waals surface area contributed by atoms with Gasteiger partial charge in [0.15, 0.2) is 11.5 Å². The number of hydrogen-bond donors (Lipinski definition) is 0. The van der Waals surface area contributed by atoms with E-state index in [0.29, 0.717) is 22.9 Å². The van der Waals surface area contributed by atoms with Crippen molar-refractivity contribution in [1.82, 2.24) is 0 Å². The topological polar surface area (TPSA) is 65.1 Å². The van der Waals surface area contributed by atoms with Gasteiger partial charge in [0.25, 0.3) is 5.91 Å². The second-order valence-electron chi connectivity index (χ2n) is 6.21. The molecule has 0 saturated heterocycles. The zero-order valence-electron chi connectivity index (χ0n) is 16.5. The summed E-state index contributed by atoms with van der Waals surface area (Å²) < 4.78 is 29.5. The maximum atomic E-state index is 14.1. The Morgan fingerprint density at radius 3 is 2.34 bits per heavy atom. The minimum absolute atomic E-state index is 0.0502. The van der Waals surface area contributed by atoms with Gasteiger partial charge in [-0.3, -0.25) is 9.69 Å². The minimum Gasteiger partial charge on any atom is -0.493 e. The molecule has 0 spiro atoms. The molecule has 0 aromatic heterocycles. The zero-order valence-corrected chi connectivity index (χ0v) is 16.5. The summed E-state index contributed by atoms with van der Waals surface area (Å²) in [6.45, 7) is 1.63. The van der Waals surface area contributed by atoms with Crippen LogP contribution in [0.1, 0.15) is 12.5 Å². The van der Waals surface area contributed by atoms with Crippen LogP contribution in [-0.4, -0.2) is 33.2 Å². The highest BCUT2D eigenvalue weighted by molar-refractivity contribution is 6.23. The quantitative estimate of drug-likeness (QED) is 0.568. The normalized spacial score (nSPS) is 15.1. The highest BCUT2D eigenvalue weighted by Crippen LogP contribution is 2.39. The predicted octanol–water partition coefficient (Wildman–Crippen LogP) is 3.72. The van der Waals surface area contributed by atoms with Crippen LogP contribution in [0.25, 0.3) is 6.08 Å². The van der Waals surface area contributed by atoms with Gasteiger partial charge in [-0.1, -0.05) is 18.2 Å². The number of esters is 1. The first-order valence-corrected chi connectivity index (χ1v) is 8.75. The van der Waals surface area contributed by atoms with Gasteiger partial charge in [0.1, 0.15) is 5.82 Å². The van der Waals surface area contributed by atoms with E-state index in [2.05, 4.69) is 0 Å². The minimum atomic E-state index is -0.679. The molecule has 2 aromatic carbocycles. The number of ether oxygens (including phenoxy) is 3. The molecular weight excluding hydrogens is 377 g/mol. The number of allylic oxidation sites excluding steroid dienone is 1. The number of carbonyl (C=O) groups excluding carboxylic acids is 2. The fraction of sp³-hybridized carbons (Fsp3) is 0.182. The van der Waals surface area contributed by atoms with E-state index in [1.165, 1.54) is 44.4 Å². The molecule has 1 aliphatic heterocycles. The Morgan fingerprint density at radius 2 is 1.72 bits per heavy atom. The Labute approximate surface area is 167 Å². The molecule has 0 radical (unpaired) electrons. The van der Waals surface area contributed by atoms with Crippen LogP contribution in [0, 0.1) is 5.82 Å². The molecular formula is C22H20FNO5. The van der Waals surface area contributed by atoms with Crippen molar-refractivity contribution in [3.8, 4) is 11.5 Å². The van der Waals surface area contributed by atoms with Crippen LogP contribution in [0.3, 0.4) is 0 Å². The highest BCUT2D eigenvalue weighted by atomic mass is 19.1. The molecule has 0 saturated carbocycles. The Hall–Kier alpha value is -3.61. The third-order valence-electron chi connectivity index (χ3n) is 4.62. The molecule has 3 rings (SSSR count). The molecule has 29 heavy (non-hydrogen) atoms. The number of anilines is 1. The summed E-state index contributed by atoms with van der Waals surface area (Å²) >= 11 is 0. The Balaban J connectivity index is 2.16. The first kappa shape index (κ1) is 20.1. The highest BCUT2D eigenvalue weighted by Gasteiger charge is 2.38. The van der Waals surface area contributed by atoms with E-state index in [-0.39, 0.29) is 16.7 Å². The number of benzene rings is 2. The maximum absolute atomic E-state index is 14.1. The number of rotatable bonds is 5. The molecule has 0 unspecified atom stereocenters. The van der Waals surface area contributed by atoms with E-state index in [4.69, 9.17) is 14.2 Å². The van der Waals surface area contributed by atoms with Gasteiger partial charge in [-0.15, -0.1) is 0 Å². The van der Waals surface area contributed by atoms with Crippen LogP contribution in [0.4, 0.5) is 10.1 Å². The molecule has 0 atom stereocenters. The van der Waals surface area contributed by atoms with Gasteiger partial charge < -0.3 is 14.2 Å². The molecule has 0 fully saturated rings. The summed E-state index contributed by atoms with van der Waals surface area (Å²) in [5, 5.41) is 0. The summed E-state index contributed by atoms with van der Waals surface area (Å²) in [7, 11) is 4.22. The van der Waals surface area contributed by atoms with Crippen LogP contribution in [0.5, 0.6) is 11.5 Å². The lowest BCUT2D eigenvalue weighted by molar-refractivity contribution is -0.136. The van der Waals surface area contributed by atoms with E-state index in [1.54, 1.807) is 37.3 Å². The maximum Gasteiger partial charge on any atom is 0.340 e. The second-order valence-corrected chi connectivity index (χ2v) is 6.21. The van der Waals surface area contributed by atoms with Crippen LogP contribution in [0.15, 0.2) is 59.3 Å². The van der Waals surface area contributed by atoms with Crippen molar-refractivity contribution in [2.45, 2.75) is 6.92 Å². The molecule has 7 heteroatoms. The predicted molar refractivity (Wildman–Crippen MR) is 106 cm³/mol. The summed E-state index contributed by atoms with van der Waals surface area (Å²) in [5.41, 5.74) is 1.17. The fourth-order valence-corrected chi connectivity index (χ4v) is 3.20. The molecule has 0 bridgehead atoms. The van der Waals surface area contributed by atoms with Crippen LogP contribution in [-0.2, 0) is 14.3 Å². The average Bonchev–Trinajstić information content (AvgIpc) is 2.98. The summed E-state index contributed by atoms with van der Waals surface area (Å²) in [5.74, 6) is -0.726. The monoisotopic (exact) mass is 397 g/mol. The summed E-state index contributed by atoms with van der Waals surface area (Å²) in [6, 6.07) is 11.0. The fourth-order valence-electron chi connectivity index (χ4n) is 3.20. The molecule has 1 heterocycles. The first-order valence-electron chi connectivity index (χ1n) is 8.75. The Bertz CT molecular complexity index is 1040. The molecule has 0 aliphatic carbocycles. The van der Waals surface area contributed by atoms with E-state index in [1.807, 2.05) is 0 Å². The van der Waals surface area contributed by atoms with Crippen LogP contribution >= 0.6 is 0 Å². The van der Waals surface area contributed by atoms with E-state index in [0.717, 1.165) is 0 Å². The van der Waals surface area contributed by atoms with Gasteiger partial charge in [-0.05, 0) is 31.2 Å². The van der Waals surface area contributed by atoms with Gasteiger partial charge in [-0.2, -0.15) is 0 Å². The van der Waals surface area contributed by atoms with Crippen molar-refractivity contribution < 1.29 is 28.2 Å². The number of halogens is 1. The van der Waals surface area contributed by atoms with Crippen molar-refractivity contribution in [1.29, 1.82) is 0 Å². The lowest BCUT2D eigenvalue weighted by atomic mass is 10.0. The lowest BCUT2D eigenvalue weighted by Crippen LogP contribution is -2.24. The van der Waals surface area contributed by atoms with Gasteiger partial charge >= 0.3 is 5.97 Å². The number of nitrogens with zero attached hydrogens (tertiary/aromatic N) is 1. The van der Waals surface area contributed by atoms with Crippen molar-refractivity contribution in [3.63, 3.8) is 0 Å². The van der Waals surface area contributed by atoms with Crippen LogP contribution < -0.4 is 14.4 Å². The van der Waals surface area contributed by atoms with Crippen LogP contribution in [0.2, 0.25) is 0 Å². The van der Waals surface area contributed by atoms with E-state index < -0.39 is 17.7 Å². The largest absolute Gasteiger partial charge is 0.493 e. The van der Waals surface area contributed by atoms with Crippen molar-refractivity contribution in [2.24, 2.45) is 0 Å². The summed E-state index contributed by atoms with van der Waals surface area (Å²) in [6.07, 6.45) is 1.36. The smallest absolute Gasteiger partial charge is 0.340 e. The van der Waals surface area contributed by atoms with Gasteiger partial charge in [-0.25, -0.2) is 9.18 Å². The molecule has 1 amide bonds. The van der Waals surface area contributed by atoms with Gasteiger partial charge in [0.05, 0.1) is 38.2 Å². The van der Waals surface area contributed by atoms with E-state index >= 15 is 0 Å². The SMILES string of the molecule is COC(=O)C1=C(C)N(c2ccc(OC)c(OC)c2)C(=O)C1=Cc1ccccc1F. The molecule has 6 nitrogen and oxygen atoms in total. The Morgan fingerprint density at radius 1 is 1.03 bits per heavy atom. The number of methoxy groups -OCH3 is 3. The number of amides is 1. The molecule has 0 N–H and O–H groups in total. The van der Waals surface area contributed by atoms with Gasteiger partial charge in [0, 0.05) is 17.3 Å². The summed E-state index contributed by atoms with van der Waals surface area (Å²) in [4.78, 5) is 27.0. The zero-order chi connectivity index (χ0) is 21.1. The first-order chi connectivity index (χ1) is 13.9. The molecule has 150 valence electrons. The lowest BCUT2D eigenvalue weighted by Gasteiger charge is -2.19. The third kappa shape index (κ3) is 3.59. The molecule has 2 aromatic rings. The number of hydrogen-bond acceptors (Lipinski definition) is 5. The van der Waals surface area contributed by atoms with Gasteiger partial charge in [0.2, 0.25) is 0 Å². The average molecular weight is 397 g/mol. The third-order valence-corrected chi connectivity index (χ3v) is 4.62. The number of carbonyl (C=O) groups is 2. The molecule has 1 aliphatic rings. The standard InChI is InChI=1S/C22H20FNO5/c1-13-20(22(26)29-4)16(11-14-7-5-6-8-17(14)23)21(25)24(13)15-9-10-18(27-2)19(12-15)28-3/h5-12H,1-4H3.